The number of rotatable bonds is 3. The maximum absolute atomic E-state index is 6.13. The molecule has 0 atom stereocenters. The number of aromatic nitrogens is 2. The van der Waals surface area contributed by atoms with Crippen LogP contribution in [-0.2, 0) is 15.7 Å². The van der Waals surface area contributed by atoms with E-state index in [1.165, 1.54) is 25.7 Å². The number of aryl methyl sites for hydroxylation is 1. The first kappa shape index (κ1) is 15.1. The predicted molar refractivity (Wildman–Crippen MR) is 84.8 cm³/mol. The molecule has 0 unspecified atom stereocenters. The number of imidazole rings is 1. The smallest absolute Gasteiger partial charge is 0.398 e. The standard InChI is InChI=1S/C16H27BN2O2/c1-6-14-18-13(11-19(14)12-9-7-8-10-12)17-20-15(2,3)16(4,5)21-17/h11-12H,6-10H2,1-5H3. The first-order chi connectivity index (χ1) is 9.84. The van der Waals surface area contributed by atoms with Crippen molar-refractivity contribution in [2.45, 2.75) is 84.0 Å². The molecule has 116 valence electrons. The topological polar surface area (TPSA) is 36.3 Å². The summed E-state index contributed by atoms with van der Waals surface area (Å²) in [6.07, 6.45) is 8.32. The molecule has 3 rings (SSSR count). The van der Waals surface area contributed by atoms with Crippen LogP contribution in [0.3, 0.4) is 0 Å². The fourth-order valence-electron chi connectivity index (χ4n) is 3.29. The lowest BCUT2D eigenvalue weighted by atomic mass is 9.86. The molecule has 2 fully saturated rings. The van der Waals surface area contributed by atoms with Crippen LogP contribution < -0.4 is 5.59 Å². The summed E-state index contributed by atoms with van der Waals surface area (Å²) in [6.45, 7) is 10.5. The Bertz CT molecular complexity index is 502. The van der Waals surface area contributed by atoms with Crippen molar-refractivity contribution in [3.05, 3.63) is 12.0 Å². The molecule has 21 heavy (non-hydrogen) atoms. The Morgan fingerprint density at radius 2 is 1.76 bits per heavy atom. The second-order valence-corrected chi connectivity index (χ2v) is 7.37. The molecule has 0 bridgehead atoms. The van der Waals surface area contributed by atoms with Crippen LogP contribution >= 0.6 is 0 Å². The van der Waals surface area contributed by atoms with Gasteiger partial charge in [0, 0.05) is 18.7 Å². The molecular weight excluding hydrogens is 263 g/mol. The van der Waals surface area contributed by atoms with Crippen LogP contribution in [-0.4, -0.2) is 27.9 Å². The largest absolute Gasteiger partial charge is 0.516 e. The minimum Gasteiger partial charge on any atom is -0.398 e. The van der Waals surface area contributed by atoms with Crippen LogP contribution in [0.4, 0.5) is 0 Å². The number of hydrogen-bond donors (Lipinski definition) is 0. The second-order valence-electron chi connectivity index (χ2n) is 7.37. The van der Waals surface area contributed by atoms with Crippen molar-refractivity contribution in [2.75, 3.05) is 0 Å². The number of hydrogen-bond acceptors (Lipinski definition) is 3. The van der Waals surface area contributed by atoms with E-state index in [2.05, 4.69) is 45.4 Å². The van der Waals surface area contributed by atoms with Crippen LogP contribution in [0.25, 0.3) is 0 Å². The molecule has 1 aliphatic heterocycles. The average molecular weight is 290 g/mol. The summed E-state index contributed by atoms with van der Waals surface area (Å²) >= 11 is 0. The average Bonchev–Trinajstić information content (AvgIpc) is 3.08. The van der Waals surface area contributed by atoms with Gasteiger partial charge in [0.05, 0.1) is 16.8 Å². The first-order valence-electron chi connectivity index (χ1n) is 8.27. The molecule has 0 spiro atoms. The molecule has 0 N–H and O–H groups in total. The predicted octanol–water partition coefficient (Wildman–Crippen LogP) is 2.86. The quantitative estimate of drug-likeness (QED) is 0.803. The van der Waals surface area contributed by atoms with Crippen molar-refractivity contribution in [1.29, 1.82) is 0 Å². The van der Waals surface area contributed by atoms with E-state index in [-0.39, 0.29) is 18.3 Å². The van der Waals surface area contributed by atoms with Gasteiger partial charge in [-0.2, -0.15) is 0 Å². The Hall–Kier alpha value is -0.805. The Kier molecular flexibility index (Phi) is 3.69. The van der Waals surface area contributed by atoms with Crippen LogP contribution in [0.5, 0.6) is 0 Å². The highest BCUT2D eigenvalue weighted by molar-refractivity contribution is 6.61. The van der Waals surface area contributed by atoms with Gasteiger partial charge in [-0.25, -0.2) is 4.98 Å². The van der Waals surface area contributed by atoms with Crippen LogP contribution in [0.15, 0.2) is 6.20 Å². The van der Waals surface area contributed by atoms with Gasteiger partial charge in [0.25, 0.3) is 0 Å². The van der Waals surface area contributed by atoms with Crippen molar-refractivity contribution in [3.63, 3.8) is 0 Å². The molecule has 1 aromatic rings. The zero-order chi connectivity index (χ0) is 15.3. The van der Waals surface area contributed by atoms with Crippen molar-refractivity contribution < 1.29 is 9.31 Å². The minimum atomic E-state index is -0.344. The van der Waals surface area contributed by atoms with Crippen molar-refractivity contribution in [3.8, 4) is 0 Å². The number of nitrogens with zero attached hydrogens (tertiary/aromatic N) is 2. The highest BCUT2D eigenvalue weighted by Gasteiger charge is 2.52. The van der Waals surface area contributed by atoms with E-state index in [9.17, 15) is 0 Å². The summed E-state index contributed by atoms with van der Waals surface area (Å²) in [7, 11) is -0.344. The lowest BCUT2D eigenvalue weighted by molar-refractivity contribution is 0.00578. The van der Waals surface area contributed by atoms with Crippen molar-refractivity contribution in [1.82, 2.24) is 9.55 Å². The zero-order valence-corrected chi connectivity index (χ0v) is 14.0. The normalized spacial score (nSPS) is 24.9. The monoisotopic (exact) mass is 290 g/mol. The molecule has 0 aromatic carbocycles. The molecule has 1 aliphatic carbocycles. The van der Waals surface area contributed by atoms with Crippen LogP contribution in [0, 0.1) is 0 Å². The molecule has 2 heterocycles. The third-order valence-electron chi connectivity index (χ3n) is 5.36. The van der Waals surface area contributed by atoms with Crippen LogP contribution in [0.1, 0.15) is 72.2 Å². The van der Waals surface area contributed by atoms with Gasteiger partial charge >= 0.3 is 7.12 Å². The summed E-state index contributed by atoms with van der Waals surface area (Å²) in [5, 5.41) is 0. The van der Waals surface area contributed by atoms with Gasteiger partial charge in [-0.3, -0.25) is 0 Å². The molecule has 1 saturated carbocycles. The van der Waals surface area contributed by atoms with Gasteiger partial charge in [0.15, 0.2) is 0 Å². The molecule has 5 heteroatoms. The maximum Gasteiger partial charge on any atom is 0.516 e. The lowest BCUT2D eigenvalue weighted by Crippen LogP contribution is -2.41. The summed E-state index contributed by atoms with van der Waals surface area (Å²) in [5.41, 5.74) is 0.319. The van der Waals surface area contributed by atoms with Crippen molar-refractivity contribution in [2.24, 2.45) is 0 Å². The van der Waals surface area contributed by atoms with E-state index in [1.807, 2.05) is 0 Å². The lowest BCUT2D eigenvalue weighted by Gasteiger charge is -2.32. The SMILES string of the molecule is CCc1nc(B2OC(C)(C)C(C)(C)O2)cn1C1CCCC1. The van der Waals surface area contributed by atoms with E-state index in [0.29, 0.717) is 6.04 Å². The maximum atomic E-state index is 6.13. The summed E-state index contributed by atoms with van der Waals surface area (Å²) in [6, 6.07) is 0.614. The molecule has 2 aliphatic rings. The Labute approximate surface area is 128 Å². The van der Waals surface area contributed by atoms with Gasteiger partial charge in [-0.1, -0.05) is 19.8 Å². The van der Waals surface area contributed by atoms with Gasteiger partial charge in [-0.15, -0.1) is 0 Å². The fraction of sp³-hybridized carbons (Fsp3) is 0.812. The van der Waals surface area contributed by atoms with E-state index in [1.54, 1.807) is 0 Å². The zero-order valence-electron chi connectivity index (χ0n) is 14.0. The molecule has 1 saturated heterocycles. The third-order valence-corrected chi connectivity index (χ3v) is 5.36. The molecule has 0 amide bonds. The van der Waals surface area contributed by atoms with Crippen LogP contribution in [0.2, 0.25) is 0 Å². The minimum absolute atomic E-state index is 0.304. The molecule has 1 aromatic heterocycles. The molecule has 4 nitrogen and oxygen atoms in total. The fourth-order valence-corrected chi connectivity index (χ4v) is 3.29. The highest BCUT2D eigenvalue weighted by atomic mass is 16.7. The molecular formula is C16H27BN2O2. The summed E-state index contributed by atoms with van der Waals surface area (Å²) < 4.78 is 14.6. The molecule has 0 radical (unpaired) electrons. The highest BCUT2D eigenvalue weighted by Crippen LogP contribution is 2.37. The second kappa shape index (κ2) is 5.13. The van der Waals surface area contributed by atoms with E-state index < -0.39 is 0 Å². The van der Waals surface area contributed by atoms with E-state index in [4.69, 9.17) is 14.3 Å². The van der Waals surface area contributed by atoms with Gasteiger partial charge in [0.2, 0.25) is 0 Å². The van der Waals surface area contributed by atoms with E-state index >= 15 is 0 Å². The Morgan fingerprint density at radius 1 is 1.19 bits per heavy atom. The summed E-state index contributed by atoms with van der Waals surface area (Å²) in [5.74, 6) is 1.16. The van der Waals surface area contributed by atoms with Gasteiger partial charge < -0.3 is 13.9 Å². The summed E-state index contributed by atoms with van der Waals surface area (Å²) in [4.78, 5) is 4.80. The Morgan fingerprint density at radius 3 is 2.29 bits per heavy atom. The van der Waals surface area contributed by atoms with E-state index in [0.717, 1.165) is 17.8 Å². The first-order valence-corrected chi connectivity index (χ1v) is 8.27. The van der Waals surface area contributed by atoms with Crippen molar-refractivity contribution >= 4 is 12.7 Å². The third kappa shape index (κ3) is 2.55. The van der Waals surface area contributed by atoms with Gasteiger partial charge in [0.1, 0.15) is 5.82 Å². The van der Waals surface area contributed by atoms with Gasteiger partial charge in [-0.05, 0) is 40.5 Å². The Balaban J connectivity index is 1.87.